The summed E-state index contributed by atoms with van der Waals surface area (Å²) < 4.78 is 11.5. The van der Waals surface area contributed by atoms with E-state index in [0.29, 0.717) is 11.3 Å². The number of fused-ring (bicyclic) bond motifs is 1. The molecule has 0 saturated heterocycles. The summed E-state index contributed by atoms with van der Waals surface area (Å²) in [6.07, 6.45) is 8.13. The Morgan fingerprint density at radius 1 is 1.26 bits per heavy atom. The molecule has 0 aliphatic rings. The van der Waals surface area contributed by atoms with Gasteiger partial charge in [-0.2, -0.15) is 5.10 Å². The summed E-state index contributed by atoms with van der Waals surface area (Å²) in [6, 6.07) is 12.2. The maximum absolute atomic E-state index is 13.0. The van der Waals surface area contributed by atoms with Crippen LogP contribution in [0.15, 0.2) is 58.2 Å². The second-order valence-electron chi connectivity index (χ2n) is 8.16. The van der Waals surface area contributed by atoms with E-state index in [1.165, 1.54) is 6.21 Å². The molecule has 35 heavy (non-hydrogen) atoms. The van der Waals surface area contributed by atoms with Crippen molar-refractivity contribution in [2.45, 2.75) is 26.3 Å². The van der Waals surface area contributed by atoms with E-state index in [1.54, 1.807) is 12.1 Å². The molecule has 9 heteroatoms. The largest absolute Gasteiger partial charge is 0.480 e. The monoisotopic (exact) mass is 538 g/mol. The number of terminal acetylenes is 1. The first kappa shape index (κ1) is 25.8. The van der Waals surface area contributed by atoms with E-state index in [4.69, 9.17) is 15.9 Å². The number of amides is 2. The van der Waals surface area contributed by atoms with Crippen molar-refractivity contribution in [2.75, 3.05) is 13.2 Å². The molecule has 3 aromatic rings. The zero-order chi connectivity index (χ0) is 25.2. The normalized spacial score (nSPS) is 11.9. The van der Waals surface area contributed by atoms with Crippen LogP contribution in [0.1, 0.15) is 25.0 Å². The Kier molecular flexibility index (Phi) is 9.32. The van der Waals surface area contributed by atoms with Gasteiger partial charge < -0.3 is 19.8 Å². The first-order chi connectivity index (χ1) is 16.9. The van der Waals surface area contributed by atoms with Crippen LogP contribution in [0.4, 0.5) is 4.79 Å². The van der Waals surface area contributed by atoms with Crippen molar-refractivity contribution in [2.24, 2.45) is 11.0 Å². The van der Waals surface area contributed by atoms with Gasteiger partial charge in [-0.25, -0.2) is 10.2 Å². The number of rotatable bonds is 10. The summed E-state index contributed by atoms with van der Waals surface area (Å²) >= 11 is 3.40. The van der Waals surface area contributed by atoms with Crippen LogP contribution in [0.25, 0.3) is 10.9 Å². The van der Waals surface area contributed by atoms with Gasteiger partial charge in [0.1, 0.15) is 18.4 Å². The van der Waals surface area contributed by atoms with Gasteiger partial charge in [-0.05, 0) is 35.7 Å². The molecule has 8 nitrogen and oxygen atoms in total. The number of alkyl carbamates (subject to hydrolysis) is 1. The molecular formula is C26H27BrN4O4. The molecular weight excluding hydrogens is 512 g/mol. The maximum atomic E-state index is 13.0. The van der Waals surface area contributed by atoms with E-state index >= 15 is 0 Å². The predicted octanol–water partition coefficient (Wildman–Crippen LogP) is 4.39. The van der Waals surface area contributed by atoms with E-state index in [2.05, 4.69) is 42.7 Å². The predicted molar refractivity (Wildman–Crippen MR) is 139 cm³/mol. The number of hydrogen-bond acceptors (Lipinski definition) is 5. The van der Waals surface area contributed by atoms with Crippen molar-refractivity contribution in [1.82, 2.24) is 15.7 Å². The zero-order valence-corrected chi connectivity index (χ0v) is 21.1. The summed E-state index contributed by atoms with van der Waals surface area (Å²) in [5.74, 6) is 2.61. The molecule has 0 radical (unpaired) electrons. The van der Waals surface area contributed by atoms with Crippen LogP contribution < -0.4 is 15.5 Å². The Bertz CT molecular complexity index is 1250. The van der Waals surface area contributed by atoms with Crippen LogP contribution >= 0.6 is 15.9 Å². The summed E-state index contributed by atoms with van der Waals surface area (Å²) in [5, 5.41) is 7.69. The highest BCUT2D eigenvalue weighted by Gasteiger charge is 2.23. The molecule has 0 aliphatic carbocycles. The fourth-order valence-electron chi connectivity index (χ4n) is 3.27. The molecule has 1 heterocycles. The van der Waals surface area contributed by atoms with Crippen LogP contribution in [0.3, 0.4) is 0 Å². The Labute approximate surface area is 212 Å². The van der Waals surface area contributed by atoms with Crippen molar-refractivity contribution in [1.29, 1.82) is 0 Å². The summed E-state index contributed by atoms with van der Waals surface area (Å²) in [6.45, 7) is 4.21. The number of carbonyl (C=O) groups is 2. The lowest BCUT2D eigenvalue weighted by Gasteiger charge is -2.17. The molecule has 1 aromatic heterocycles. The van der Waals surface area contributed by atoms with Gasteiger partial charge in [0, 0.05) is 33.6 Å². The maximum Gasteiger partial charge on any atom is 0.407 e. The number of hydrazone groups is 1. The fourth-order valence-corrected chi connectivity index (χ4v) is 3.65. The van der Waals surface area contributed by atoms with Gasteiger partial charge in [0.25, 0.3) is 5.91 Å². The lowest BCUT2D eigenvalue weighted by atomic mass is 10.0. The molecule has 0 bridgehead atoms. The number of halogens is 1. The van der Waals surface area contributed by atoms with Gasteiger partial charge in [-0.1, -0.05) is 53.9 Å². The van der Waals surface area contributed by atoms with Crippen molar-refractivity contribution >= 4 is 45.0 Å². The summed E-state index contributed by atoms with van der Waals surface area (Å²) in [5.41, 5.74) is 4.94. The standard InChI is InChI=1S/C26H27BrN4O4/c1-4-11-34-24-10-9-20(27)12-19(24)15-29-31-25(32)23(30-26(33)35-16-17(2)3)13-18-14-28-22-8-6-5-7-21(18)22/h1,5-10,12,14-15,17,23,28H,11,13,16H2,2-3H3,(H,30,33)(H,31,32)/b29-15-/t23-/m0/s1. The highest BCUT2D eigenvalue weighted by atomic mass is 79.9. The van der Waals surface area contributed by atoms with E-state index in [-0.39, 0.29) is 25.6 Å². The number of aromatic amines is 1. The van der Waals surface area contributed by atoms with Crippen LogP contribution in [0.5, 0.6) is 5.75 Å². The number of ether oxygens (including phenoxy) is 2. The van der Waals surface area contributed by atoms with Crippen LogP contribution in [0, 0.1) is 18.3 Å². The Morgan fingerprint density at radius 2 is 2.06 bits per heavy atom. The van der Waals surface area contributed by atoms with Crippen molar-refractivity contribution in [3.63, 3.8) is 0 Å². The second-order valence-corrected chi connectivity index (χ2v) is 9.08. The molecule has 0 fully saturated rings. The van der Waals surface area contributed by atoms with E-state index in [0.717, 1.165) is 20.9 Å². The minimum absolute atomic E-state index is 0.101. The zero-order valence-electron chi connectivity index (χ0n) is 19.5. The minimum Gasteiger partial charge on any atom is -0.480 e. The topological polar surface area (TPSA) is 105 Å². The lowest BCUT2D eigenvalue weighted by molar-refractivity contribution is -0.123. The summed E-state index contributed by atoms with van der Waals surface area (Å²) in [4.78, 5) is 28.5. The first-order valence-corrected chi connectivity index (χ1v) is 11.8. The van der Waals surface area contributed by atoms with Gasteiger partial charge >= 0.3 is 6.09 Å². The third kappa shape index (κ3) is 7.62. The SMILES string of the molecule is C#CCOc1ccc(Br)cc1/C=N\NC(=O)[C@H](Cc1c[nH]c2ccccc12)NC(=O)OCC(C)C. The average molecular weight is 539 g/mol. The van der Waals surface area contributed by atoms with E-state index in [1.807, 2.05) is 50.4 Å². The lowest BCUT2D eigenvalue weighted by Crippen LogP contribution is -2.47. The molecule has 2 amide bonds. The second kappa shape index (κ2) is 12.6. The molecule has 0 saturated carbocycles. The minimum atomic E-state index is -0.911. The van der Waals surface area contributed by atoms with E-state index < -0.39 is 18.0 Å². The number of benzene rings is 2. The number of nitrogens with zero attached hydrogens (tertiary/aromatic N) is 1. The highest BCUT2D eigenvalue weighted by molar-refractivity contribution is 9.10. The molecule has 3 N–H and O–H groups in total. The number of H-pyrrole nitrogens is 1. The Balaban J connectivity index is 1.75. The molecule has 1 atom stereocenters. The van der Waals surface area contributed by atoms with Gasteiger partial charge in [-0.3, -0.25) is 4.79 Å². The molecule has 2 aromatic carbocycles. The van der Waals surface area contributed by atoms with Crippen LogP contribution in [-0.2, 0) is 16.0 Å². The van der Waals surface area contributed by atoms with Gasteiger partial charge in [0.2, 0.25) is 0 Å². The van der Waals surface area contributed by atoms with Gasteiger partial charge in [0.05, 0.1) is 12.8 Å². The van der Waals surface area contributed by atoms with Crippen molar-refractivity contribution < 1.29 is 19.1 Å². The third-order valence-electron chi connectivity index (χ3n) is 4.92. The molecule has 182 valence electrons. The number of nitrogens with one attached hydrogen (secondary N) is 3. The quantitative estimate of drug-likeness (QED) is 0.202. The smallest absolute Gasteiger partial charge is 0.407 e. The van der Waals surface area contributed by atoms with Gasteiger partial charge in [-0.15, -0.1) is 6.42 Å². The van der Waals surface area contributed by atoms with Crippen molar-refractivity contribution in [3.05, 3.63) is 64.3 Å². The number of aromatic nitrogens is 1. The molecule has 0 unspecified atom stereocenters. The first-order valence-electron chi connectivity index (χ1n) is 11.0. The average Bonchev–Trinajstić information content (AvgIpc) is 3.24. The summed E-state index contributed by atoms with van der Waals surface area (Å²) in [7, 11) is 0. The van der Waals surface area contributed by atoms with Gasteiger partial charge in [0.15, 0.2) is 0 Å². The number of para-hydroxylation sites is 1. The number of hydrogen-bond donors (Lipinski definition) is 3. The van der Waals surface area contributed by atoms with Crippen molar-refractivity contribution in [3.8, 4) is 18.1 Å². The molecule has 3 rings (SSSR count). The van der Waals surface area contributed by atoms with Crippen LogP contribution in [0.2, 0.25) is 0 Å². The molecule has 0 spiro atoms. The fraction of sp³-hybridized carbons (Fsp3) is 0.269. The number of carbonyl (C=O) groups excluding carboxylic acids is 2. The highest BCUT2D eigenvalue weighted by Crippen LogP contribution is 2.22. The molecule has 0 aliphatic heterocycles. The van der Waals surface area contributed by atoms with Crippen LogP contribution in [-0.4, -0.2) is 42.5 Å². The Hall–Kier alpha value is -3.77. The third-order valence-corrected chi connectivity index (χ3v) is 5.41. The van der Waals surface area contributed by atoms with E-state index in [9.17, 15) is 9.59 Å². The Morgan fingerprint density at radius 3 is 2.83 bits per heavy atom.